The van der Waals surface area contributed by atoms with Gasteiger partial charge in [-0.1, -0.05) is 27.7 Å². The number of hydroxylamine groups is 2. The molecule has 0 aromatic carbocycles. The molecule has 2 aliphatic rings. The van der Waals surface area contributed by atoms with Gasteiger partial charge in [0.25, 0.3) is 0 Å². The maximum Gasteiger partial charge on any atom is 0.426 e. The second-order valence-electron chi connectivity index (χ2n) is 8.09. The molecular formula is C18H31N3O6. The Bertz CT molecular complexity index is 542. The van der Waals surface area contributed by atoms with Gasteiger partial charge in [-0.05, 0) is 18.3 Å². The first kappa shape index (κ1) is 21.6. The van der Waals surface area contributed by atoms with Crippen molar-refractivity contribution in [3.05, 3.63) is 0 Å². The number of Topliss-reactive ketones (excluding diaryl/α,β-unsaturated/α-hetero) is 1. The van der Waals surface area contributed by atoms with Crippen molar-refractivity contribution < 1.29 is 28.7 Å². The van der Waals surface area contributed by atoms with Crippen LogP contribution < -0.4 is 10.6 Å². The summed E-state index contributed by atoms with van der Waals surface area (Å²) in [5, 5.41) is 6.88. The number of amides is 2. The van der Waals surface area contributed by atoms with Gasteiger partial charge in [0.15, 0.2) is 5.78 Å². The van der Waals surface area contributed by atoms with Gasteiger partial charge in [-0.15, -0.1) is 5.06 Å². The summed E-state index contributed by atoms with van der Waals surface area (Å²) < 4.78 is 10.6. The number of hydrogen-bond acceptors (Lipinski definition) is 7. The summed E-state index contributed by atoms with van der Waals surface area (Å²) in [5.74, 6) is -0.563. The molecule has 2 fully saturated rings. The van der Waals surface area contributed by atoms with Gasteiger partial charge in [0.2, 0.25) is 5.91 Å². The number of nitrogens with one attached hydrogen (secondary N) is 2. The molecule has 0 spiro atoms. The van der Waals surface area contributed by atoms with Crippen LogP contribution in [-0.2, 0) is 23.9 Å². The molecule has 2 unspecified atom stereocenters. The number of hydrogen-bond donors (Lipinski definition) is 2. The molecule has 2 amide bonds. The van der Waals surface area contributed by atoms with Crippen LogP contribution in [0.15, 0.2) is 0 Å². The van der Waals surface area contributed by atoms with Crippen LogP contribution in [0.5, 0.6) is 0 Å². The van der Waals surface area contributed by atoms with Crippen molar-refractivity contribution in [3.63, 3.8) is 0 Å². The van der Waals surface area contributed by atoms with Gasteiger partial charge in [0, 0.05) is 0 Å². The number of ketones is 1. The van der Waals surface area contributed by atoms with Crippen LogP contribution in [0.3, 0.4) is 0 Å². The molecule has 154 valence electrons. The van der Waals surface area contributed by atoms with Crippen molar-refractivity contribution in [1.29, 1.82) is 0 Å². The Labute approximate surface area is 160 Å². The van der Waals surface area contributed by atoms with E-state index in [4.69, 9.17) is 14.3 Å². The first-order valence-electron chi connectivity index (χ1n) is 9.45. The van der Waals surface area contributed by atoms with Crippen LogP contribution in [0, 0.1) is 5.41 Å². The van der Waals surface area contributed by atoms with Crippen molar-refractivity contribution in [2.45, 2.75) is 58.7 Å². The van der Waals surface area contributed by atoms with E-state index in [1.807, 2.05) is 27.7 Å². The van der Waals surface area contributed by atoms with E-state index in [0.717, 1.165) is 0 Å². The van der Waals surface area contributed by atoms with Crippen molar-refractivity contribution in [2.75, 3.05) is 32.9 Å². The van der Waals surface area contributed by atoms with Crippen LogP contribution in [-0.4, -0.2) is 73.9 Å². The molecule has 0 bridgehead atoms. The minimum Gasteiger partial charge on any atom is -0.379 e. The zero-order valence-electron chi connectivity index (χ0n) is 16.6. The number of carbonyl (C=O) groups excluding carboxylic acids is 3. The lowest BCUT2D eigenvalue weighted by Gasteiger charge is -2.29. The summed E-state index contributed by atoms with van der Waals surface area (Å²) in [6.45, 7) is 9.75. The van der Waals surface area contributed by atoms with E-state index < -0.39 is 24.1 Å². The van der Waals surface area contributed by atoms with E-state index in [2.05, 4.69) is 10.6 Å². The molecule has 0 aliphatic carbocycles. The molecular weight excluding hydrogens is 354 g/mol. The van der Waals surface area contributed by atoms with E-state index in [1.54, 1.807) is 0 Å². The van der Waals surface area contributed by atoms with E-state index >= 15 is 0 Å². The first-order valence-corrected chi connectivity index (χ1v) is 9.45. The summed E-state index contributed by atoms with van der Waals surface area (Å²) in [4.78, 5) is 42.3. The molecule has 2 saturated heterocycles. The molecule has 2 heterocycles. The lowest BCUT2D eigenvalue weighted by molar-refractivity contribution is -0.147. The molecule has 9 nitrogen and oxygen atoms in total. The maximum atomic E-state index is 12.8. The average Bonchev–Trinajstić information content (AvgIpc) is 2.94. The van der Waals surface area contributed by atoms with E-state index in [0.29, 0.717) is 39.1 Å². The first-order chi connectivity index (χ1) is 12.7. The van der Waals surface area contributed by atoms with E-state index in [1.165, 1.54) is 5.06 Å². The number of nitrogens with zero attached hydrogens (tertiary/aromatic N) is 1. The standard InChI is InChI=1S/C18H31N3O6/c1-5-14-15(13(22)11-26-14)20-16(23)12(10-18(2,3)4)19-17(24)27-21-6-8-25-9-7-21/h12,14-15H,5-11H2,1-4H3,(H,19,24)(H,20,23)/t12-,14?,15?/m0/s1. The summed E-state index contributed by atoms with van der Waals surface area (Å²) in [7, 11) is 0. The zero-order chi connectivity index (χ0) is 20.0. The van der Waals surface area contributed by atoms with Crippen LogP contribution in [0.4, 0.5) is 4.79 Å². The highest BCUT2D eigenvalue weighted by molar-refractivity contribution is 5.94. The molecule has 0 aromatic heterocycles. The highest BCUT2D eigenvalue weighted by Crippen LogP contribution is 2.22. The Hall–Kier alpha value is -1.71. The van der Waals surface area contributed by atoms with Gasteiger partial charge in [0.05, 0.1) is 32.4 Å². The van der Waals surface area contributed by atoms with Crippen molar-refractivity contribution in [1.82, 2.24) is 15.7 Å². The Kier molecular flexibility index (Phi) is 7.58. The highest BCUT2D eigenvalue weighted by atomic mass is 16.7. The molecule has 3 atom stereocenters. The maximum absolute atomic E-state index is 12.8. The Balaban J connectivity index is 1.98. The number of carbonyl (C=O) groups is 3. The number of ether oxygens (including phenoxy) is 2. The van der Waals surface area contributed by atoms with E-state index in [9.17, 15) is 14.4 Å². The van der Waals surface area contributed by atoms with Gasteiger partial charge in [0.1, 0.15) is 18.7 Å². The van der Waals surface area contributed by atoms with Gasteiger partial charge >= 0.3 is 6.09 Å². The minimum absolute atomic E-state index is 0.000107. The summed E-state index contributed by atoms with van der Waals surface area (Å²) in [6, 6.07) is -1.49. The van der Waals surface area contributed by atoms with Crippen molar-refractivity contribution >= 4 is 17.8 Å². The van der Waals surface area contributed by atoms with E-state index in [-0.39, 0.29) is 23.9 Å². The normalized spacial score (nSPS) is 25.1. The molecule has 2 aliphatic heterocycles. The predicted octanol–water partition coefficient (Wildman–Crippen LogP) is 0.627. The number of rotatable bonds is 6. The van der Waals surface area contributed by atoms with Gasteiger partial charge in [-0.25, -0.2) is 4.79 Å². The molecule has 27 heavy (non-hydrogen) atoms. The van der Waals surface area contributed by atoms with Crippen LogP contribution in [0.25, 0.3) is 0 Å². The lowest BCUT2D eigenvalue weighted by Crippen LogP contribution is -2.55. The van der Waals surface area contributed by atoms with Crippen LogP contribution in [0.1, 0.15) is 40.5 Å². The van der Waals surface area contributed by atoms with Gasteiger partial charge < -0.3 is 24.9 Å². The van der Waals surface area contributed by atoms with Crippen LogP contribution >= 0.6 is 0 Å². The molecule has 2 rings (SSSR count). The van der Waals surface area contributed by atoms with Gasteiger partial charge in [-0.3, -0.25) is 9.59 Å². The zero-order valence-corrected chi connectivity index (χ0v) is 16.6. The minimum atomic E-state index is -0.815. The predicted molar refractivity (Wildman–Crippen MR) is 96.8 cm³/mol. The quantitative estimate of drug-likeness (QED) is 0.691. The Morgan fingerprint density at radius 1 is 1.30 bits per heavy atom. The smallest absolute Gasteiger partial charge is 0.379 e. The van der Waals surface area contributed by atoms with Crippen molar-refractivity contribution in [2.24, 2.45) is 5.41 Å². The summed E-state index contributed by atoms with van der Waals surface area (Å²) in [6.07, 6.45) is -0.0118. The number of morpholine rings is 1. The lowest BCUT2D eigenvalue weighted by atomic mass is 9.87. The molecule has 2 N–H and O–H groups in total. The summed E-state index contributed by atoms with van der Waals surface area (Å²) >= 11 is 0. The topological polar surface area (TPSA) is 106 Å². The second kappa shape index (κ2) is 9.48. The fourth-order valence-electron chi connectivity index (χ4n) is 3.11. The Morgan fingerprint density at radius 3 is 2.56 bits per heavy atom. The van der Waals surface area contributed by atoms with Crippen molar-refractivity contribution in [3.8, 4) is 0 Å². The monoisotopic (exact) mass is 385 g/mol. The van der Waals surface area contributed by atoms with Gasteiger partial charge in [-0.2, -0.15) is 0 Å². The molecule has 0 saturated carbocycles. The largest absolute Gasteiger partial charge is 0.426 e. The Morgan fingerprint density at radius 2 is 1.96 bits per heavy atom. The fourth-order valence-corrected chi connectivity index (χ4v) is 3.11. The highest BCUT2D eigenvalue weighted by Gasteiger charge is 2.38. The second-order valence-corrected chi connectivity index (χ2v) is 8.09. The molecule has 0 aromatic rings. The fraction of sp³-hybridized carbons (Fsp3) is 0.833. The summed E-state index contributed by atoms with van der Waals surface area (Å²) in [5.41, 5.74) is -0.214. The average molecular weight is 385 g/mol. The third-order valence-corrected chi connectivity index (χ3v) is 4.47. The third kappa shape index (κ3) is 6.75. The third-order valence-electron chi connectivity index (χ3n) is 4.47. The van der Waals surface area contributed by atoms with Crippen LogP contribution in [0.2, 0.25) is 0 Å². The molecule has 9 heteroatoms. The molecule has 0 radical (unpaired) electrons. The SMILES string of the molecule is CCC1OCC(=O)C1NC(=O)[C@H](CC(C)(C)C)NC(=O)ON1CCOCC1.